The number of nitrogens with zero attached hydrogens (tertiary/aromatic N) is 1. The molecule has 0 aliphatic carbocycles. The van der Waals surface area contributed by atoms with Crippen LogP contribution in [0.3, 0.4) is 0 Å². The SMILES string of the molecule is COc1cccc(CCNC(=O)c2ccc(Nc3cccc(C)c3C)nc2)c1. The number of hydrogen-bond donors (Lipinski definition) is 2. The van der Waals surface area contributed by atoms with E-state index in [2.05, 4.69) is 35.5 Å². The van der Waals surface area contributed by atoms with Crippen LogP contribution in [-0.4, -0.2) is 24.5 Å². The van der Waals surface area contributed by atoms with Gasteiger partial charge in [0.25, 0.3) is 5.91 Å². The minimum atomic E-state index is -0.131. The molecule has 144 valence electrons. The predicted octanol–water partition coefficient (Wildman–Crippen LogP) is 4.42. The molecule has 0 aliphatic heterocycles. The summed E-state index contributed by atoms with van der Waals surface area (Å²) < 4.78 is 5.22. The third-order valence-corrected chi connectivity index (χ3v) is 4.73. The Morgan fingerprint density at radius 3 is 2.64 bits per heavy atom. The van der Waals surface area contributed by atoms with E-state index in [0.29, 0.717) is 17.9 Å². The van der Waals surface area contributed by atoms with E-state index in [1.807, 2.05) is 42.5 Å². The summed E-state index contributed by atoms with van der Waals surface area (Å²) in [5.41, 5.74) is 5.08. The lowest BCUT2D eigenvalue weighted by Gasteiger charge is -2.11. The highest BCUT2D eigenvalue weighted by molar-refractivity contribution is 5.94. The number of ether oxygens (including phenoxy) is 1. The second-order valence-corrected chi connectivity index (χ2v) is 6.66. The second kappa shape index (κ2) is 9.04. The van der Waals surface area contributed by atoms with Crippen LogP contribution in [0.15, 0.2) is 60.8 Å². The van der Waals surface area contributed by atoms with Gasteiger partial charge in [-0.2, -0.15) is 0 Å². The number of hydrogen-bond acceptors (Lipinski definition) is 4. The molecule has 3 aromatic rings. The Kier molecular flexibility index (Phi) is 6.27. The number of benzene rings is 2. The van der Waals surface area contributed by atoms with Crippen molar-refractivity contribution < 1.29 is 9.53 Å². The minimum absolute atomic E-state index is 0.131. The summed E-state index contributed by atoms with van der Waals surface area (Å²) in [7, 11) is 1.65. The van der Waals surface area contributed by atoms with E-state index in [9.17, 15) is 4.79 Å². The lowest BCUT2D eigenvalue weighted by Crippen LogP contribution is -2.25. The molecule has 1 heterocycles. The first-order valence-corrected chi connectivity index (χ1v) is 9.27. The Bertz CT molecular complexity index is 952. The Balaban J connectivity index is 1.55. The van der Waals surface area contributed by atoms with Crippen LogP contribution in [0.4, 0.5) is 11.5 Å². The van der Waals surface area contributed by atoms with Crippen molar-refractivity contribution in [3.05, 3.63) is 83.0 Å². The van der Waals surface area contributed by atoms with Crippen LogP contribution in [0.25, 0.3) is 0 Å². The van der Waals surface area contributed by atoms with Gasteiger partial charge in [-0.15, -0.1) is 0 Å². The molecule has 5 heteroatoms. The number of methoxy groups -OCH3 is 1. The van der Waals surface area contributed by atoms with Crippen molar-refractivity contribution in [2.24, 2.45) is 0 Å². The zero-order valence-electron chi connectivity index (χ0n) is 16.5. The highest BCUT2D eigenvalue weighted by Crippen LogP contribution is 2.21. The van der Waals surface area contributed by atoms with Crippen LogP contribution in [0.2, 0.25) is 0 Å². The van der Waals surface area contributed by atoms with E-state index in [1.165, 1.54) is 11.1 Å². The van der Waals surface area contributed by atoms with Gasteiger partial charge in [0.1, 0.15) is 11.6 Å². The lowest BCUT2D eigenvalue weighted by molar-refractivity contribution is 0.0954. The van der Waals surface area contributed by atoms with Gasteiger partial charge in [-0.3, -0.25) is 4.79 Å². The molecule has 0 radical (unpaired) electrons. The van der Waals surface area contributed by atoms with Crippen LogP contribution in [0, 0.1) is 13.8 Å². The molecule has 2 aromatic carbocycles. The highest BCUT2D eigenvalue weighted by Gasteiger charge is 2.07. The largest absolute Gasteiger partial charge is 0.497 e. The van der Waals surface area contributed by atoms with Gasteiger partial charge in [0.05, 0.1) is 12.7 Å². The summed E-state index contributed by atoms with van der Waals surface area (Å²) in [5.74, 6) is 1.40. The molecule has 0 saturated carbocycles. The van der Waals surface area contributed by atoms with Crippen LogP contribution >= 0.6 is 0 Å². The first-order chi connectivity index (χ1) is 13.6. The van der Waals surface area contributed by atoms with Crippen LogP contribution < -0.4 is 15.4 Å². The molecular formula is C23H25N3O2. The number of pyridine rings is 1. The van der Waals surface area contributed by atoms with Gasteiger partial charge in [0, 0.05) is 18.4 Å². The van der Waals surface area contributed by atoms with Crippen molar-refractivity contribution >= 4 is 17.4 Å². The fourth-order valence-corrected chi connectivity index (χ4v) is 2.88. The Hall–Kier alpha value is -3.34. The highest BCUT2D eigenvalue weighted by atomic mass is 16.5. The first-order valence-electron chi connectivity index (χ1n) is 9.27. The Morgan fingerprint density at radius 2 is 1.89 bits per heavy atom. The van der Waals surface area contributed by atoms with Gasteiger partial charge in [-0.1, -0.05) is 24.3 Å². The maximum atomic E-state index is 12.3. The summed E-state index contributed by atoms with van der Waals surface area (Å²) in [6.45, 7) is 4.70. The first kappa shape index (κ1) is 19.4. The smallest absolute Gasteiger partial charge is 0.252 e. The third kappa shape index (κ3) is 4.88. The monoisotopic (exact) mass is 375 g/mol. The van der Waals surface area contributed by atoms with E-state index in [0.717, 1.165) is 23.4 Å². The standard InChI is InChI=1S/C23H25N3O2/c1-16-6-4-9-21(17(16)2)26-22-11-10-19(15-25-22)23(27)24-13-12-18-7-5-8-20(14-18)28-3/h4-11,14-15H,12-13H2,1-3H3,(H,24,27)(H,25,26). The van der Waals surface area contributed by atoms with Gasteiger partial charge in [-0.05, 0) is 67.3 Å². The quantitative estimate of drug-likeness (QED) is 0.641. The number of aryl methyl sites for hydroxylation is 1. The molecule has 0 atom stereocenters. The van der Waals surface area contributed by atoms with Crippen molar-refractivity contribution in [3.63, 3.8) is 0 Å². The van der Waals surface area contributed by atoms with Crippen molar-refractivity contribution in [1.29, 1.82) is 0 Å². The fraction of sp³-hybridized carbons (Fsp3) is 0.217. The van der Waals surface area contributed by atoms with Crippen LogP contribution in [0.1, 0.15) is 27.0 Å². The molecule has 0 unspecified atom stereocenters. The molecule has 28 heavy (non-hydrogen) atoms. The van der Waals surface area contributed by atoms with Gasteiger partial charge in [0.15, 0.2) is 0 Å². The Morgan fingerprint density at radius 1 is 1.07 bits per heavy atom. The molecular weight excluding hydrogens is 350 g/mol. The number of rotatable bonds is 7. The molecule has 1 aromatic heterocycles. The summed E-state index contributed by atoms with van der Waals surface area (Å²) in [6, 6.07) is 17.5. The number of amides is 1. The minimum Gasteiger partial charge on any atom is -0.497 e. The van der Waals surface area contributed by atoms with E-state index in [4.69, 9.17) is 4.74 Å². The maximum Gasteiger partial charge on any atom is 0.252 e. The van der Waals surface area contributed by atoms with E-state index in [1.54, 1.807) is 19.4 Å². The number of nitrogens with one attached hydrogen (secondary N) is 2. The normalized spacial score (nSPS) is 10.4. The van der Waals surface area contributed by atoms with Gasteiger partial charge in [0.2, 0.25) is 0 Å². The fourth-order valence-electron chi connectivity index (χ4n) is 2.88. The average molecular weight is 375 g/mol. The van der Waals surface area contributed by atoms with Crippen molar-refractivity contribution in [2.45, 2.75) is 20.3 Å². The van der Waals surface area contributed by atoms with Gasteiger partial charge < -0.3 is 15.4 Å². The van der Waals surface area contributed by atoms with Crippen molar-refractivity contribution in [1.82, 2.24) is 10.3 Å². The number of anilines is 2. The second-order valence-electron chi connectivity index (χ2n) is 6.66. The van der Waals surface area contributed by atoms with Crippen LogP contribution in [0.5, 0.6) is 5.75 Å². The number of carbonyl (C=O) groups is 1. The van der Waals surface area contributed by atoms with E-state index < -0.39 is 0 Å². The Labute approximate surface area is 165 Å². The zero-order chi connectivity index (χ0) is 19.9. The summed E-state index contributed by atoms with van der Waals surface area (Å²) in [5, 5.41) is 6.23. The molecule has 1 amide bonds. The predicted molar refractivity (Wildman–Crippen MR) is 112 cm³/mol. The molecule has 0 bridgehead atoms. The topological polar surface area (TPSA) is 63.2 Å². The van der Waals surface area contributed by atoms with Gasteiger partial charge >= 0.3 is 0 Å². The zero-order valence-corrected chi connectivity index (χ0v) is 16.5. The molecule has 0 spiro atoms. The molecule has 0 saturated heterocycles. The van der Waals surface area contributed by atoms with Crippen molar-refractivity contribution in [2.75, 3.05) is 19.0 Å². The third-order valence-electron chi connectivity index (χ3n) is 4.73. The molecule has 0 fully saturated rings. The van der Waals surface area contributed by atoms with Crippen LogP contribution in [-0.2, 0) is 6.42 Å². The van der Waals surface area contributed by atoms with Gasteiger partial charge in [-0.25, -0.2) is 4.98 Å². The molecule has 3 rings (SSSR count). The lowest BCUT2D eigenvalue weighted by atomic mass is 10.1. The van der Waals surface area contributed by atoms with E-state index >= 15 is 0 Å². The van der Waals surface area contributed by atoms with Crippen molar-refractivity contribution in [3.8, 4) is 5.75 Å². The number of aromatic nitrogens is 1. The maximum absolute atomic E-state index is 12.3. The average Bonchev–Trinajstić information content (AvgIpc) is 2.72. The van der Waals surface area contributed by atoms with E-state index in [-0.39, 0.29) is 5.91 Å². The summed E-state index contributed by atoms with van der Waals surface area (Å²) in [6.07, 6.45) is 2.33. The number of carbonyl (C=O) groups excluding carboxylic acids is 1. The summed E-state index contributed by atoms with van der Waals surface area (Å²) >= 11 is 0. The molecule has 5 nitrogen and oxygen atoms in total. The molecule has 0 aliphatic rings. The summed E-state index contributed by atoms with van der Waals surface area (Å²) in [4.78, 5) is 16.7. The molecule has 2 N–H and O–H groups in total.